The third-order valence-corrected chi connectivity index (χ3v) is 4.57. The van der Waals surface area contributed by atoms with Gasteiger partial charge in [0.2, 0.25) is 5.91 Å². The Morgan fingerprint density at radius 1 is 1.08 bits per heavy atom. The van der Waals surface area contributed by atoms with Gasteiger partial charge in [0.15, 0.2) is 0 Å². The molecule has 0 saturated carbocycles. The minimum atomic E-state index is -0.475. The Morgan fingerprint density at radius 3 is 2.42 bits per heavy atom. The molecule has 1 heterocycles. The zero-order chi connectivity index (χ0) is 18.5. The maximum absolute atomic E-state index is 12.1. The molecular formula is C20H23N3O3. The number of benzene rings is 2. The van der Waals surface area contributed by atoms with Crippen LogP contribution in [0.3, 0.4) is 0 Å². The average Bonchev–Trinajstić information content (AvgIpc) is 2.64. The first-order valence-corrected chi connectivity index (χ1v) is 8.68. The third kappa shape index (κ3) is 4.61. The molecule has 1 saturated heterocycles. The molecule has 1 aliphatic rings. The van der Waals surface area contributed by atoms with Gasteiger partial charge in [-0.05, 0) is 68.4 Å². The van der Waals surface area contributed by atoms with E-state index < -0.39 is 12.0 Å². The highest BCUT2D eigenvalue weighted by molar-refractivity contribution is 5.94. The number of primary amides is 1. The highest BCUT2D eigenvalue weighted by Gasteiger charge is 2.19. The number of likely N-dealkylation sites (tertiary alicyclic amines) is 1. The first-order valence-electron chi connectivity index (χ1n) is 8.68. The van der Waals surface area contributed by atoms with Gasteiger partial charge in [0.1, 0.15) is 5.75 Å². The summed E-state index contributed by atoms with van der Waals surface area (Å²) in [6, 6.07) is 14.4. The van der Waals surface area contributed by atoms with Crippen molar-refractivity contribution < 1.29 is 14.3 Å². The van der Waals surface area contributed by atoms with E-state index in [2.05, 4.69) is 17.3 Å². The monoisotopic (exact) mass is 353 g/mol. The van der Waals surface area contributed by atoms with E-state index >= 15 is 0 Å². The summed E-state index contributed by atoms with van der Waals surface area (Å²) in [4.78, 5) is 25.7. The van der Waals surface area contributed by atoms with Crippen LogP contribution < -0.4 is 15.8 Å². The van der Waals surface area contributed by atoms with Crippen LogP contribution in [0, 0.1) is 0 Å². The average molecular weight is 353 g/mol. The maximum atomic E-state index is 12.1. The van der Waals surface area contributed by atoms with E-state index in [1.54, 1.807) is 30.3 Å². The molecule has 0 aliphatic carbocycles. The van der Waals surface area contributed by atoms with Crippen LogP contribution >= 0.6 is 0 Å². The summed E-state index contributed by atoms with van der Waals surface area (Å²) < 4.78 is 5.43. The topological polar surface area (TPSA) is 84.7 Å². The van der Waals surface area contributed by atoms with Crippen molar-refractivity contribution in [1.29, 1.82) is 0 Å². The molecule has 2 aromatic rings. The molecule has 2 amide bonds. The Hall–Kier alpha value is -2.86. The van der Waals surface area contributed by atoms with E-state index in [-0.39, 0.29) is 6.04 Å². The van der Waals surface area contributed by atoms with Crippen molar-refractivity contribution in [2.45, 2.75) is 18.9 Å². The first kappa shape index (κ1) is 17.9. The van der Waals surface area contributed by atoms with Gasteiger partial charge < -0.3 is 20.7 Å². The van der Waals surface area contributed by atoms with Crippen LogP contribution in [0.25, 0.3) is 11.1 Å². The fourth-order valence-corrected chi connectivity index (χ4v) is 3.05. The second kappa shape index (κ2) is 8.01. The molecule has 6 nitrogen and oxygen atoms in total. The molecule has 26 heavy (non-hydrogen) atoms. The summed E-state index contributed by atoms with van der Waals surface area (Å²) in [6.45, 7) is 1.94. The Balaban J connectivity index is 1.66. The molecule has 0 spiro atoms. The summed E-state index contributed by atoms with van der Waals surface area (Å²) in [5.41, 5.74) is 7.45. The van der Waals surface area contributed by atoms with E-state index in [4.69, 9.17) is 10.5 Å². The lowest BCUT2D eigenvalue weighted by Gasteiger charge is -2.29. The van der Waals surface area contributed by atoms with Gasteiger partial charge in [-0.2, -0.15) is 0 Å². The Morgan fingerprint density at radius 2 is 1.73 bits per heavy atom. The summed E-state index contributed by atoms with van der Waals surface area (Å²) in [7, 11) is 2.08. The van der Waals surface area contributed by atoms with Gasteiger partial charge in [0.05, 0.1) is 0 Å². The van der Waals surface area contributed by atoms with Gasteiger partial charge in [0, 0.05) is 11.6 Å². The number of carbonyl (C=O) groups is 2. The highest BCUT2D eigenvalue weighted by Crippen LogP contribution is 2.25. The normalized spacial score (nSPS) is 15.4. The number of piperidine rings is 1. The Kier molecular flexibility index (Phi) is 5.53. The van der Waals surface area contributed by atoms with E-state index in [1.807, 2.05) is 18.2 Å². The van der Waals surface area contributed by atoms with Crippen molar-refractivity contribution in [2.75, 3.05) is 20.1 Å². The van der Waals surface area contributed by atoms with Gasteiger partial charge in [-0.15, -0.1) is 0 Å². The molecule has 1 fully saturated rings. The van der Waals surface area contributed by atoms with Gasteiger partial charge >= 0.3 is 6.09 Å². The summed E-state index contributed by atoms with van der Waals surface area (Å²) >= 11 is 0. The molecule has 2 aromatic carbocycles. The highest BCUT2D eigenvalue weighted by atomic mass is 16.6. The SMILES string of the molecule is CN1CCC(NC(=O)Oc2cccc(-c3cccc(C(N)=O)c3)c2)CC1. The van der Waals surface area contributed by atoms with Gasteiger partial charge in [0.25, 0.3) is 0 Å². The van der Waals surface area contributed by atoms with Crippen LogP contribution in [-0.4, -0.2) is 43.1 Å². The largest absolute Gasteiger partial charge is 0.412 e. The molecule has 0 radical (unpaired) electrons. The predicted octanol–water partition coefficient (Wildman–Crippen LogP) is 2.64. The molecule has 1 aliphatic heterocycles. The maximum Gasteiger partial charge on any atom is 0.412 e. The number of nitrogens with one attached hydrogen (secondary N) is 1. The first-order chi connectivity index (χ1) is 12.5. The molecule has 0 bridgehead atoms. The van der Waals surface area contributed by atoms with Crippen molar-refractivity contribution in [3.63, 3.8) is 0 Å². The number of nitrogens with zero attached hydrogens (tertiary/aromatic N) is 1. The molecule has 3 rings (SSSR count). The zero-order valence-electron chi connectivity index (χ0n) is 14.8. The number of ether oxygens (including phenoxy) is 1. The lowest BCUT2D eigenvalue weighted by atomic mass is 10.0. The van der Waals surface area contributed by atoms with Crippen molar-refractivity contribution in [2.24, 2.45) is 5.73 Å². The molecule has 136 valence electrons. The molecule has 6 heteroatoms. The lowest BCUT2D eigenvalue weighted by Crippen LogP contribution is -2.44. The number of hydrogen-bond donors (Lipinski definition) is 2. The van der Waals surface area contributed by atoms with Crippen molar-refractivity contribution >= 4 is 12.0 Å². The summed E-state index contributed by atoms with van der Waals surface area (Å²) in [5, 5.41) is 2.92. The number of amides is 2. The Labute approximate surface area is 152 Å². The standard InChI is InChI=1S/C20H23N3O3/c1-23-10-8-17(9-11-23)22-20(25)26-18-7-3-5-15(13-18)14-4-2-6-16(12-14)19(21)24/h2-7,12-13,17H,8-11H2,1H3,(H2,21,24)(H,22,25). The molecule has 0 unspecified atom stereocenters. The number of rotatable bonds is 4. The molecule has 0 aromatic heterocycles. The minimum absolute atomic E-state index is 0.147. The van der Waals surface area contributed by atoms with Gasteiger partial charge in [-0.3, -0.25) is 4.79 Å². The zero-order valence-corrected chi connectivity index (χ0v) is 14.8. The Bertz CT molecular complexity index is 798. The van der Waals surface area contributed by atoms with Crippen LogP contribution in [0.1, 0.15) is 23.2 Å². The second-order valence-electron chi connectivity index (χ2n) is 6.58. The van der Waals surface area contributed by atoms with Crippen LogP contribution in [0.15, 0.2) is 48.5 Å². The van der Waals surface area contributed by atoms with E-state index in [1.165, 1.54) is 0 Å². The van der Waals surface area contributed by atoms with Crippen LogP contribution in [0.4, 0.5) is 4.79 Å². The van der Waals surface area contributed by atoms with Crippen LogP contribution in [-0.2, 0) is 0 Å². The molecule has 3 N–H and O–H groups in total. The predicted molar refractivity (Wildman–Crippen MR) is 100 cm³/mol. The fraction of sp³-hybridized carbons (Fsp3) is 0.300. The van der Waals surface area contributed by atoms with Crippen molar-refractivity contribution in [3.05, 3.63) is 54.1 Å². The smallest absolute Gasteiger partial charge is 0.410 e. The summed E-state index contributed by atoms with van der Waals surface area (Å²) in [6.07, 6.45) is 1.40. The van der Waals surface area contributed by atoms with E-state index in [0.717, 1.165) is 37.1 Å². The van der Waals surface area contributed by atoms with Crippen molar-refractivity contribution in [1.82, 2.24) is 10.2 Å². The fourth-order valence-electron chi connectivity index (χ4n) is 3.05. The van der Waals surface area contributed by atoms with E-state index in [0.29, 0.717) is 11.3 Å². The number of nitrogens with two attached hydrogens (primary N) is 1. The van der Waals surface area contributed by atoms with Gasteiger partial charge in [-0.1, -0.05) is 24.3 Å². The minimum Gasteiger partial charge on any atom is -0.410 e. The third-order valence-electron chi connectivity index (χ3n) is 4.57. The van der Waals surface area contributed by atoms with Gasteiger partial charge in [-0.25, -0.2) is 4.79 Å². The van der Waals surface area contributed by atoms with Crippen LogP contribution in [0.2, 0.25) is 0 Å². The lowest BCUT2D eigenvalue weighted by molar-refractivity contribution is 0.1000. The quantitative estimate of drug-likeness (QED) is 0.885. The number of hydrogen-bond acceptors (Lipinski definition) is 4. The van der Waals surface area contributed by atoms with Crippen LogP contribution in [0.5, 0.6) is 5.75 Å². The molecule has 0 atom stereocenters. The molecular weight excluding hydrogens is 330 g/mol. The van der Waals surface area contributed by atoms with E-state index in [9.17, 15) is 9.59 Å². The second-order valence-corrected chi connectivity index (χ2v) is 6.58. The van der Waals surface area contributed by atoms with Crippen molar-refractivity contribution in [3.8, 4) is 16.9 Å². The number of carbonyl (C=O) groups excluding carboxylic acids is 2. The summed E-state index contributed by atoms with van der Waals surface area (Å²) in [5.74, 6) is -0.0193.